The van der Waals surface area contributed by atoms with E-state index in [-0.39, 0.29) is 0 Å². The van der Waals surface area contributed by atoms with Gasteiger partial charge in [-0.15, -0.1) is 0 Å². The molecule has 3 atom stereocenters. The fourth-order valence-electron chi connectivity index (χ4n) is 2.61. The molecule has 0 radical (unpaired) electrons. The second-order valence-corrected chi connectivity index (χ2v) is 5.69. The molecule has 1 rings (SSSR count). The quantitative estimate of drug-likeness (QED) is 0.707. The number of piperidine rings is 1. The van der Waals surface area contributed by atoms with Gasteiger partial charge in [0.15, 0.2) is 0 Å². The first-order valence-corrected chi connectivity index (χ1v) is 7.15. The Balaban J connectivity index is 2.39. The topological polar surface area (TPSA) is 3.24 Å². The van der Waals surface area contributed by atoms with Crippen LogP contribution in [0.25, 0.3) is 0 Å². The zero-order valence-electron chi connectivity index (χ0n) is 10.6. The molecule has 0 N–H and O–H groups in total. The summed E-state index contributed by atoms with van der Waals surface area (Å²) in [6.07, 6.45) is 5.42. The molecule has 0 aromatic rings. The molecule has 2 heteroatoms. The zero-order valence-corrected chi connectivity index (χ0v) is 11.5. The smallest absolute Gasteiger partial charge is 0.00672 e. The van der Waals surface area contributed by atoms with Gasteiger partial charge >= 0.3 is 0 Å². The van der Waals surface area contributed by atoms with E-state index < -0.39 is 0 Å². The van der Waals surface area contributed by atoms with E-state index in [0.717, 1.165) is 23.6 Å². The highest BCUT2D eigenvalue weighted by Gasteiger charge is 2.24. The number of hydrogen-bond donors (Lipinski definition) is 1. The van der Waals surface area contributed by atoms with E-state index in [1.54, 1.807) is 0 Å². The van der Waals surface area contributed by atoms with E-state index in [0.29, 0.717) is 0 Å². The second kappa shape index (κ2) is 6.80. The fourth-order valence-corrected chi connectivity index (χ4v) is 2.91. The molecule has 0 bridgehead atoms. The van der Waals surface area contributed by atoms with Crippen LogP contribution in [-0.2, 0) is 0 Å². The van der Waals surface area contributed by atoms with Gasteiger partial charge in [0.25, 0.3) is 0 Å². The average molecular weight is 229 g/mol. The molecule has 0 amide bonds. The van der Waals surface area contributed by atoms with Crippen LogP contribution in [0.15, 0.2) is 0 Å². The highest BCUT2D eigenvalue weighted by molar-refractivity contribution is 7.80. The molecule has 1 fully saturated rings. The Morgan fingerprint density at radius 1 is 1.33 bits per heavy atom. The van der Waals surface area contributed by atoms with Crippen molar-refractivity contribution in [3.8, 4) is 0 Å². The second-order valence-electron chi connectivity index (χ2n) is 5.32. The fraction of sp³-hybridized carbons (Fsp3) is 1.00. The van der Waals surface area contributed by atoms with Crippen molar-refractivity contribution in [3.63, 3.8) is 0 Å². The van der Waals surface area contributed by atoms with Crippen molar-refractivity contribution < 1.29 is 0 Å². The predicted molar refractivity (Wildman–Crippen MR) is 71.7 cm³/mol. The molecule has 1 aliphatic heterocycles. The normalized spacial score (nSPS) is 30.4. The van der Waals surface area contributed by atoms with Crippen molar-refractivity contribution >= 4 is 12.6 Å². The molecule has 1 heterocycles. The molecular formula is C13H27NS. The summed E-state index contributed by atoms with van der Waals surface area (Å²) < 4.78 is 0. The minimum Gasteiger partial charge on any atom is -0.300 e. The van der Waals surface area contributed by atoms with Crippen LogP contribution in [0.3, 0.4) is 0 Å². The lowest BCUT2D eigenvalue weighted by Gasteiger charge is -2.38. The van der Waals surface area contributed by atoms with Crippen molar-refractivity contribution in [3.05, 3.63) is 0 Å². The Labute approximate surface area is 101 Å². The van der Waals surface area contributed by atoms with E-state index >= 15 is 0 Å². The Morgan fingerprint density at radius 3 is 2.67 bits per heavy atom. The monoisotopic (exact) mass is 229 g/mol. The van der Waals surface area contributed by atoms with Crippen molar-refractivity contribution in [1.29, 1.82) is 0 Å². The summed E-state index contributed by atoms with van der Waals surface area (Å²) >= 11 is 4.47. The van der Waals surface area contributed by atoms with Gasteiger partial charge in [-0.2, -0.15) is 12.6 Å². The molecule has 1 aliphatic rings. The van der Waals surface area contributed by atoms with Crippen LogP contribution in [0, 0.1) is 11.8 Å². The maximum atomic E-state index is 4.47. The van der Waals surface area contributed by atoms with Gasteiger partial charge in [0.1, 0.15) is 0 Å². The van der Waals surface area contributed by atoms with E-state index in [9.17, 15) is 0 Å². The highest BCUT2D eigenvalue weighted by Crippen LogP contribution is 2.23. The lowest BCUT2D eigenvalue weighted by Crippen LogP contribution is -2.43. The van der Waals surface area contributed by atoms with Gasteiger partial charge in [0.05, 0.1) is 0 Å². The number of hydrogen-bond acceptors (Lipinski definition) is 2. The summed E-state index contributed by atoms with van der Waals surface area (Å²) in [7, 11) is 0. The van der Waals surface area contributed by atoms with E-state index in [1.807, 2.05) is 0 Å². The van der Waals surface area contributed by atoms with Gasteiger partial charge in [-0.3, -0.25) is 0 Å². The van der Waals surface area contributed by atoms with Crippen molar-refractivity contribution in [1.82, 2.24) is 4.90 Å². The largest absolute Gasteiger partial charge is 0.300 e. The number of rotatable bonds is 5. The molecule has 0 saturated carbocycles. The molecule has 0 aliphatic carbocycles. The third-order valence-electron chi connectivity index (χ3n) is 3.69. The Morgan fingerprint density at radius 2 is 2.07 bits per heavy atom. The van der Waals surface area contributed by atoms with Gasteiger partial charge in [-0.25, -0.2) is 0 Å². The van der Waals surface area contributed by atoms with Gasteiger partial charge in [0, 0.05) is 19.1 Å². The predicted octanol–water partition coefficient (Wildman–Crippen LogP) is 3.45. The maximum Gasteiger partial charge on any atom is 0.00672 e. The third-order valence-corrected chi connectivity index (χ3v) is 4.21. The molecular weight excluding hydrogens is 202 g/mol. The summed E-state index contributed by atoms with van der Waals surface area (Å²) in [6.45, 7) is 9.61. The number of likely N-dealkylation sites (tertiary alicyclic amines) is 1. The molecule has 0 spiro atoms. The SMILES string of the molecule is CCCC(CS)CN1CC(C)CCC1C. The maximum absolute atomic E-state index is 4.47. The molecule has 15 heavy (non-hydrogen) atoms. The van der Waals surface area contributed by atoms with Crippen LogP contribution in [0.2, 0.25) is 0 Å². The number of nitrogens with zero attached hydrogens (tertiary/aromatic N) is 1. The van der Waals surface area contributed by atoms with Crippen molar-refractivity contribution in [2.45, 2.75) is 52.5 Å². The summed E-state index contributed by atoms with van der Waals surface area (Å²) in [6, 6.07) is 0.792. The minimum atomic E-state index is 0.792. The average Bonchev–Trinajstić information content (AvgIpc) is 2.22. The van der Waals surface area contributed by atoms with Crippen LogP contribution in [-0.4, -0.2) is 29.8 Å². The third kappa shape index (κ3) is 4.36. The van der Waals surface area contributed by atoms with Gasteiger partial charge < -0.3 is 4.90 Å². The van der Waals surface area contributed by atoms with Crippen molar-refractivity contribution in [2.24, 2.45) is 11.8 Å². The molecule has 1 nitrogen and oxygen atoms in total. The Bertz CT molecular complexity index is 172. The van der Waals surface area contributed by atoms with E-state index in [4.69, 9.17) is 0 Å². The van der Waals surface area contributed by atoms with Crippen LogP contribution in [0.4, 0.5) is 0 Å². The van der Waals surface area contributed by atoms with E-state index in [2.05, 4.69) is 38.3 Å². The van der Waals surface area contributed by atoms with Gasteiger partial charge in [0.2, 0.25) is 0 Å². The molecule has 0 aromatic carbocycles. The van der Waals surface area contributed by atoms with Gasteiger partial charge in [-0.1, -0.05) is 20.3 Å². The van der Waals surface area contributed by atoms with E-state index in [1.165, 1.54) is 38.8 Å². The van der Waals surface area contributed by atoms with Crippen molar-refractivity contribution in [2.75, 3.05) is 18.8 Å². The number of thiol groups is 1. The first-order valence-electron chi connectivity index (χ1n) is 6.52. The Hall–Kier alpha value is 0.310. The van der Waals surface area contributed by atoms with Crippen LogP contribution in [0.1, 0.15) is 46.5 Å². The standard InChI is InChI=1S/C13H27NS/c1-4-5-13(10-15)9-14-8-11(2)6-7-12(14)3/h11-13,15H,4-10H2,1-3H3. The van der Waals surface area contributed by atoms with Crippen LogP contribution in [0.5, 0.6) is 0 Å². The molecule has 90 valence electrons. The summed E-state index contributed by atoms with van der Waals surface area (Å²) in [5, 5.41) is 0. The summed E-state index contributed by atoms with van der Waals surface area (Å²) in [4.78, 5) is 2.69. The highest BCUT2D eigenvalue weighted by atomic mass is 32.1. The molecule has 0 aromatic heterocycles. The lowest BCUT2D eigenvalue weighted by molar-refractivity contribution is 0.107. The lowest BCUT2D eigenvalue weighted by atomic mass is 9.93. The Kier molecular flexibility index (Phi) is 6.06. The zero-order chi connectivity index (χ0) is 11.3. The minimum absolute atomic E-state index is 0.792. The molecule has 1 saturated heterocycles. The first-order chi connectivity index (χ1) is 7.17. The van der Waals surface area contributed by atoms with Crippen LogP contribution >= 0.6 is 12.6 Å². The van der Waals surface area contributed by atoms with Gasteiger partial charge in [-0.05, 0) is 43.8 Å². The summed E-state index contributed by atoms with van der Waals surface area (Å²) in [5.41, 5.74) is 0. The summed E-state index contributed by atoms with van der Waals surface area (Å²) in [5.74, 6) is 2.74. The molecule has 3 unspecified atom stereocenters. The first kappa shape index (κ1) is 13.4. The van der Waals surface area contributed by atoms with Crippen LogP contribution < -0.4 is 0 Å².